The van der Waals surface area contributed by atoms with Crippen molar-refractivity contribution in [2.45, 2.75) is 259 Å². The molecule has 0 aromatic carbocycles. The van der Waals surface area contributed by atoms with Crippen molar-refractivity contribution in [2.75, 3.05) is 13.2 Å². The highest BCUT2D eigenvalue weighted by Gasteiger charge is 2.19. The van der Waals surface area contributed by atoms with Gasteiger partial charge in [0.25, 0.3) is 0 Å². The molecule has 6 nitrogen and oxygen atoms in total. The van der Waals surface area contributed by atoms with Crippen LogP contribution in [0.4, 0.5) is 0 Å². The summed E-state index contributed by atoms with van der Waals surface area (Å²) in [5.74, 6) is 0.816. The maximum atomic E-state index is 12.7. The topological polar surface area (TPSA) is 78.9 Å². The first-order valence-corrected chi connectivity index (χ1v) is 23.3. The fraction of sp³-hybridized carbons (Fsp3) is 0.936. The molecule has 2 atom stereocenters. The predicted molar refractivity (Wildman–Crippen MR) is 224 cm³/mol. The number of esters is 3. The fourth-order valence-electron chi connectivity index (χ4n) is 6.90. The third kappa shape index (κ3) is 39.9. The Bertz CT molecular complexity index is 811. The van der Waals surface area contributed by atoms with Crippen LogP contribution in [0.3, 0.4) is 0 Å². The average Bonchev–Trinajstić information content (AvgIpc) is 3.14. The van der Waals surface area contributed by atoms with Gasteiger partial charge in [-0.1, -0.05) is 214 Å². The molecule has 0 aliphatic rings. The first kappa shape index (κ1) is 51.4. The lowest BCUT2D eigenvalue weighted by Crippen LogP contribution is -2.30. The molecule has 0 heterocycles. The zero-order valence-corrected chi connectivity index (χ0v) is 36.1. The number of hydrogen-bond acceptors (Lipinski definition) is 6. The standard InChI is InChI=1S/C47H90O6/c1-6-8-9-10-11-15-22-27-32-37-45(48)51-40-44(53-47(50)39-34-29-24-19-14-16-20-25-30-35-42(3)4)41-52-46(49)38-33-28-23-18-13-12-17-21-26-31-36-43(5)7-2/h42-44H,6-41H2,1-5H3/t43?,44-/m0/s1. The summed E-state index contributed by atoms with van der Waals surface area (Å²) in [7, 11) is 0. The van der Waals surface area contributed by atoms with Gasteiger partial charge in [-0.25, -0.2) is 0 Å². The molecule has 0 rings (SSSR count). The van der Waals surface area contributed by atoms with Gasteiger partial charge in [0.05, 0.1) is 0 Å². The molecule has 0 bridgehead atoms. The second kappa shape index (κ2) is 40.1. The van der Waals surface area contributed by atoms with E-state index in [1.165, 1.54) is 141 Å². The molecule has 0 aromatic rings. The first-order chi connectivity index (χ1) is 25.8. The van der Waals surface area contributed by atoms with E-state index in [2.05, 4.69) is 34.6 Å². The monoisotopic (exact) mass is 751 g/mol. The first-order valence-electron chi connectivity index (χ1n) is 23.3. The Morgan fingerprint density at radius 1 is 0.396 bits per heavy atom. The van der Waals surface area contributed by atoms with Gasteiger partial charge in [0.2, 0.25) is 0 Å². The summed E-state index contributed by atoms with van der Waals surface area (Å²) in [6.07, 6.45) is 38.0. The highest BCUT2D eigenvalue weighted by molar-refractivity contribution is 5.71. The van der Waals surface area contributed by atoms with Gasteiger partial charge in [0.1, 0.15) is 13.2 Å². The Balaban J connectivity index is 4.32. The molecule has 0 aliphatic carbocycles. The third-order valence-electron chi connectivity index (χ3n) is 10.8. The SMILES string of the molecule is CCCCCCCCCCCC(=O)OC[C@@H](COC(=O)CCCCCCCCCCCCC(C)CC)OC(=O)CCCCCCCCCCCC(C)C. The Labute approximate surface area is 329 Å². The number of rotatable bonds is 41. The summed E-state index contributed by atoms with van der Waals surface area (Å²) in [6, 6.07) is 0. The maximum Gasteiger partial charge on any atom is 0.306 e. The van der Waals surface area contributed by atoms with E-state index in [4.69, 9.17) is 14.2 Å². The van der Waals surface area contributed by atoms with Crippen LogP contribution in [0.1, 0.15) is 253 Å². The highest BCUT2D eigenvalue weighted by Crippen LogP contribution is 2.17. The van der Waals surface area contributed by atoms with Gasteiger partial charge in [-0.2, -0.15) is 0 Å². The lowest BCUT2D eigenvalue weighted by molar-refractivity contribution is -0.167. The molecule has 1 unspecified atom stereocenters. The maximum absolute atomic E-state index is 12.7. The zero-order chi connectivity index (χ0) is 39.0. The Kier molecular flexibility index (Phi) is 38.9. The van der Waals surface area contributed by atoms with Crippen molar-refractivity contribution in [3.05, 3.63) is 0 Å². The number of carbonyl (C=O) groups excluding carboxylic acids is 3. The minimum Gasteiger partial charge on any atom is -0.462 e. The molecule has 0 amide bonds. The van der Waals surface area contributed by atoms with Gasteiger partial charge in [-0.15, -0.1) is 0 Å². The second-order valence-electron chi connectivity index (χ2n) is 16.8. The van der Waals surface area contributed by atoms with Crippen LogP contribution < -0.4 is 0 Å². The molecule has 0 fully saturated rings. The third-order valence-corrected chi connectivity index (χ3v) is 10.8. The molecule has 0 spiro atoms. The lowest BCUT2D eigenvalue weighted by Gasteiger charge is -2.18. The molecule has 0 aromatic heterocycles. The summed E-state index contributed by atoms with van der Waals surface area (Å²) in [6.45, 7) is 11.3. The van der Waals surface area contributed by atoms with E-state index in [1.807, 2.05) is 0 Å². The molecule has 0 radical (unpaired) electrons. The number of carbonyl (C=O) groups is 3. The van der Waals surface area contributed by atoms with Crippen LogP contribution in [0, 0.1) is 11.8 Å². The van der Waals surface area contributed by atoms with Crippen molar-refractivity contribution in [1.29, 1.82) is 0 Å². The van der Waals surface area contributed by atoms with E-state index in [-0.39, 0.29) is 31.1 Å². The average molecular weight is 751 g/mol. The fourth-order valence-corrected chi connectivity index (χ4v) is 6.90. The molecule has 0 aliphatic heterocycles. The van der Waals surface area contributed by atoms with Gasteiger partial charge in [-0.05, 0) is 31.1 Å². The molecule has 0 saturated carbocycles. The minimum atomic E-state index is -0.760. The number of unbranched alkanes of at least 4 members (excludes halogenated alkanes) is 25. The van der Waals surface area contributed by atoms with Gasteiger partial charge in [-0.3, -0.25) is 14.4 Å². The normalized spacial score (nSPS) is 12.6. The van der Waals surface area contributed by atoms with Gasteiger partial charge >= 0.3 is 17.9 Å². The van der Waals surface area contributed by atoms with Crippen LogP contribution >= 0.6 is 0 Å². The van der Waals surface area contributed by atoms with Gasteiger partial charge in [0.15, 0.2) is 6.10 Å². The van der Waals surface area contributed by atoms with Crippen molar-refractivity contribution in [2.24, 2.45) is 11.8 Å². The molecule has 6 heteroatoms. The molecule has 314 valence electrons. The van der Waals surface area contributed by atoms with Crippen molar-refractivity contribution < 1.29 is 28.6 Å². The molecule has 0 saturated heterocycles. The molecular formula is C47H90O6. The summed E-state index contributed by atoms with van der Waals surface area (Å²) in [4.78, 5) is 37.7. The number of hydrogen-bond donors (Lipinski definition) is 0. The summed E-state index contributed by atoms with van der Waals surface area (Å²) >= 11 is 0. The van der Waals surface area contributed by atoms with Crippen molar-refractivity contribution in [3.8, 4) is 0 Å². The minimum absolute atomic E-state index is 0.0651. The molecule has 53 heavy (non-hydrogen) atoms. The Morgan fingerprint density at radius 2 is 0.717 bits per heavy atom. The van der Waals surface area contributed by atoms with E-state index in [9.17, 15) is 14.4 Å². The Hall–Kier alpha value is -1.59. The smallest absolute Gasteiger partial charge is 0.306 e. The summed E-state index contributed by atoms with van der Waals surface area (Å²) in [5, 5.41) is 0. The van der Waals surface area contributed by atoms with E-state index in [1.54, 1.807) is 0 Å². The van der Waals surface area contributed by atoms with E-state index >= 15 is 0 Å². The zero-order valence-electron chi connectivity index (χ0n) is 36.1. The highest BCUT2D eigenvalue weighted by atomic mass is 16.6. The van der Waals surface area contributed by atoms with Crippen molar-refractivity contribution in [1.82, 2.24) is 0 Å². The predicted octanol–water partition coefficient (Wildman–Crippen LogP) is 14.6. The molecule has 0 N–H and O–H groups in total. The molecular weight excluding hydrogens is 661 g/mol. The van der Waals surface area contributed by atoms with Crippen LogP contribution in [-0.2, 0) is 28.6 Å². The Morgan fingerprint density at radius 3 is 1.08 bits per heavy atom. The summed E-state index contributed by atoms with van der Waals surface area (Å²) in [5.41, 5.74) is 0. The second-order valence-corrected chi connectivity index (χ2v) is 16.8. The van der Waals surface area contributed by atoms with E-state index in [0.717, 1.165) is 69.6 Å². The number of ether oxygens (including phenoxy) is 3. The van der Waals surface area contributed by atoms with Crippen LogP contribution in [0.5, 0.6) is 0 Å². The van der Waals surface area contributed by atoms with Gasteiger partial charge < -0.3 is 14.2 Å². The van der Waals surface area contributed by atoms with Crippen LogP contribution in [0.15, 0.2) is 0 Å². The largest absolute Gasteiger partial charge is 0.462 e. The quantitative estimate of drug-likeness (QED) is 0.0352. The van der Waals surface area contributed by atoms with Crippen LogP contribution in [-0.4, -0.2) is 37.2 Å². The van der Waals surface area contributed by atoms with Gasteiger partial charge in [0, 0.05) is 19.3 Å². The van der Waals surface area contributed by atoms with E-state index < -0.39 is 6.10 Å². The van der Waals surface area contributed by atoms with Crippen molar-refractivity contribution in [3.63, 3.8) is 0 Å². The summed E-state index contributed by atoms with van der Waals surface area (Å²) < 4.78 is 16.7. The lowest BCUT2D eigenvalue weighted by atomic mass is 9.99. The van der Waals surface area contributed by atoms with Crippen LogP contribution in [0.25, 0.3) is 0 Å². The van der Waals surface area contributed by atoms with E-state index in [0.29, 0.717) is 19.3 Å². The van der Waals surface area contributed by atoms with Crippen LogP contribution in [0.2, 0.25) is 0 Å². The van der Waals surface area contributed by atoms with Crippen molar-refractivity contribution >= 4 is 17.9 Å².